The van der Waals surface area contributed by atoms with Gasteiger partial charge in [-0.2, -0.15) is 0 Å². The molecule has 1 saturated carbocycles. The van der Waals surface area contributed by atoms with E-state index in [0.29, 0.717) is 6.41 Å². The maximum Gasteiger partial charge on any atom is 0.207 e. The second kappa shape index (κ2) is 1.83. The second-order valence-corrected chi connectivity index (χ2v) is 2.40. The molecule has 1 N–H and O–H groups in total. The summed E-state index contributed by atoms with van der Waals surface area (Å²) in [7, 11) is 0. The number of hydrogen-bond acceptors (Lipinski definition) is 2. The minimum absolute atomic E-state index is 0.0644. The molecule has 0 spiro atoms. The molecule has 3 heteroatoms. The van der Waals surface area contributed by atoms with Crippen molar-refractivity contribution in [3.63, 3.8) is 0 Å². The van der Waals surface area contributed by atoms with Crippen LogP contribution >= 0.6 is 0 Å². The van der Waals surface area contributed by atoms with Gasteiger partial charge in [-0.3, -0.25) is 9.59 Å². The number of nitrogens with one attached hydrogen (secondary N) is 1. The van der Waals surface area contributed by atoms with Gasteiger partial charge < -0.3 is 5.32 Å². The SMILES string of the molecule is CC(=O)C1(NC=O)CC1. The van der Waals surface area contributed by atoms with E-state index in [1.807, 2.05) is 0 Å². The van der Waals surface area contributed by atoms with Crippen molar-refractivity contribution in [2.24, 2.45) is 0 Å². The fourth-order valence-corrected chi connectivity index (χ4v) is 0.836. The Hall–Kier alpha value is -0.860. The molecule has 0 aromatic carbocycles. The lowest BCUT2D eigenvalue weighted by Gasteiger charge is -2.07. The van der Waals surface area contributed by atoms with Crippen LogP contribution in [0.15, 0.2) is 0 Å². The first-order valence-corrected chi connectivity index (χ1v) is 2.94. The summed E-state index contributed by atoms with van der Waals surface area (Å²) < 4.78 is 0. The van der Waals surface area contributed by atoms with Gasteiger partial charge >= 0.3 is 0 Å². The van der Waals surface area contributed by atoms with Crippen molar-refractivity contribution in [2.45, 2.75) is 25.3 Å². The standard InChI is InChI=1S/C6H9NO2/c1-5(9)6(2-3-6)7-4-8/h4H,2-3H2,1H3,(H,7,8). The van der Waals surface area contributed by atoms with Crippen molar-refractivity contribution in [1.82, 2.24) is 5.32 Å². The molecule has 0 aromatic heterocycles. The van der Waals surface area contributed by atoms with E-state index < -0.39 is 5.54 Å². The van der Waals surface area contributed by atoms with Crippen molar-refractivity contribution in [1.29, 1.82) is 0 Å². The average molecular weight is 127 g/mol. The Kier molecular flexibility index (Phi) is 1.27. The van der Waals surface area contributed by atoms with Crippen molar-refractivity contribution in [2.75, 3.05) is 0 Å². The van der Waals surface area contributed by atoms with Crippen LogP contribution in [0, 0.1) is 0 Å². The van der Waals surface area contributed by atoms with Crippen molar-refractivity contribution >= 4 is 12.2 Å². The monoisotopic (exact) mass is 127 g/mol. The molecular formula is C6H9NO2. The zero-order chi connectivity index (χ0) is 6.91. The van der Waals surface area contributed by atoms with E-state index >= 15 is 0 Å². The highest BCUT2D eigenvalue weighted by Crippen LogP contribution is 2.35. The highest BCUT2D eigenvalue weighted by atomic mass is 16.1. The van der Waals surface area contributed by atoms with Gasteiger partial charge in [0, 0.05) is 0 Å². The van der Waals surface area contributed by atoms with Crippen LogP contribution in [-0.2, 0) is 9.59 Å². The van der Waals surface area contributed by atoms with Crippen molar-refractivity contribution in [3.05, 3.63) is 0 Å². The van der Waals surface area contributed by atoms with Crippen LogP contribution in [0.25, 0.3) is 0 Å². The lowest BCUT2D eigenvalue weighted by Crippen LogP contribution is -2.36. The summed E-state index contributed by atoms with van der Waals surface area (Å²) in [4.78, 5) is 20.6. The predicted molar refractivity (Wildman–Crippen MR) is 31.8 cm³/mol. The number of carbonyl (C=O) groups is 2. The smallest absolute Gasteiger partial charge is 0.207 e. The number of amides is 1. The molecule has 1 aliphatic carbocycles. The van der Waals surface area contributed by atoms with Gasteiger partial charge in [-0.25, -0.2) is 0 Å². The summed E-state index contributed by atoms with van der Waals surface area (Å²) in [5.41, 5.74) is -0.457. The minimum atomic E-state index is -0.457. The average Bonchev–Trinajstić information content (AvgIpc) is 2.49. The molecule has 1 fully saturated rings. The van der Waals surface area contributed by atoms with E-state index in [2.05, 4.69) is 5.32 Å². The lowest BCUT2D eigenvalue weighted by atomic mass is 10.2. The van der Waals surface area contributed by atoms with Crippen LogP contribution < -0.4 is 5.32 Å². The molecule has 50 valence electrons. The summed E-state index contributed by atoms with van der Waals surface area (Å²) >= 11 is 0. The summed E-state index contributed by atoms with van der Waals surface area (Å²) in [6.45, 7) is 1.50. The second-order valence-electron chi connectivity index (χ2n) is 2.40. The molecule has 0 unspecified atom stereocenters. The molecule has 1 amide bonds. The van der Waals surface area contributed by atoms with E-state index in [4.69, 9.17) is 0 Å². The molecular weight excluding hydrogens is 118 g/mol. The molecule has 0 saturated heterocycles. The molecule has 0 atom stereocenters. The molecule has 0 bridgehead atoms. The third-order valence-electron chi connectivity index (χ3n) is 1.76. The number of rotatable bonds is 3. The topological polar surface area (TPSA) is 46.2 Å². The van der Waals surface area contributed by atoms with Gasteiger partial charge in [0.2, 0.25) is 6.41 Å². The molecule has 0 radical (unpaired) electrons. The van der Waals surface area contributed by atoms with Crippen LogP contribution in [0.3, 0.4) is 0 Å². The molecule has 0 aliphatic heterocycles. The summed E-state index contributed by atoms with van der Waals surface area (Å²) in [6, 6.07) is 0. The van der Waals surface area contributed by atoms with E-state index in [1.54, 1.807) is 0 Å². The molecule has 0 aromatic rings. The van der Waals surface area contributed by atoms with Gasteiger partial charge in [0.15, 0.2) is 5.78 Å². The van der Waals surface area contributed by atoms with Gasteiger partial charge in [0.25, 0.3) is 0 Å². The maximum atomic E-state index is 10.7. The quantitative estimate of drug-likeness (QED) is 0.536. The Morgan fingerprint density at radius 1 is 1.67 bits per heavy atom. The Balaban J connectivity index is 2.52. The Bertz CT molecular complexity index is 149. The van der Waals surface area contributed by atoms with Crippen molar-refractivity contribution < 1.29 is 9.59 Å². The van der Waals surface area contributed by atoms with Crippen LogP contribution in [0.2, 0.25) is 0 Å². The predicted octanol–water partition coefficient (Wildman–Crippen LogP) is -0.146. The number of carbonyl (C=O) groups excluding carboxylic acids is 2. The van der Waals surface area contributed by atoms with E-state index in [1.165, 1.54) is 6.92 Å². The molecule has 1 aliphatic rings. The number of ketones is 1. The van der Waals surface area contributed by atoms with Crippen LogP contribution in [0.1, 0.15) is 19.8 Å². The van der Waals surface area contributed by atoms with Crippen molar-refractivity contribution in [3.8, 4) is 0 Å². The van der Waals surface area contributed by atoms with Gasteiger partial charge in [0.1, 0.15) is 0 Å². The Morgan fingerprint density at radius 3 is 2.33 bits per heavy atom. The number of Topliss-reactive ketones (excluding diaryl/α,β-unsaturated/α-hetero) is 1. The van der Waals surface area contributed by atoms with Gasteiger partial charge in [-0.15, -0.1) is 0 Å². The van der Waals surface area contributed by atoms with E-state index in [9.17, 15) is 9.59 Å². The molecule has 0 heterocycles. The first kappa shape index (κ1) is 6.26. The van der Waals surface area contributed by atoms with Gasteiger partial charge in [0.05, 0.1) is 5.54 Å². The lowest BCUT2D eigenvalue weighted by molar-refractivity contribution is -0.122. The largest absolute Gasteiger partial charge is 0.346 e. The zero-order valence-corrected chi connectivity index (χ0v) is 5.31. The molecule has 9 heavy (non-hydrogen) atoms. The normalized spacial score (nSPS) is 20.6. The Morgan fingerprint density at radius 2 is 2.22 bits per heavy atom. The first-order chi connectivity index (χ1) is 4.21. The van der Waals surface area contributed by atoms with E-state index in [0.717, 1.165) is 12.8 Å². The zero-order valence-electron chi connectivity index (χ0n) is 5.31. The molecule has 3 nitrogen and oxygen atoms in total. The van der Waals surface area contributed by atoms with Crippen LogP contribution in [0.5, 0.6) is 0 Å². The van der Waals surface area contributed by atoms with E-state index in [-0.39, 0.29) is 5.78 Å². The number of hydrogen-bond donors (Lipinski definition) is 1. The van der Waals surface area contributed by atoms with Crippen LogP contribution in [-0.4, -0.2) is 17.7 Å². The fraction of sp³-hybridized carbons (Fsp3) is 0.667. The minimum Gasteiger partial charge on any atom is -0.346 e. The third kappa shape index (κ3) is 0.943. The highest BCUT2D eigenvalue weighted by Gasteiger charge is 2.46. The highest BCUT2D eigenvalue weighted by molar-refractivity contribution is 5.90. The third-order valence-corrected chi connectivity index (χ3v) is 1.76. The Labute approximate surface area is 53.4 Å². The fourth-order valence-electron chi connectivity index (χ4n) is 0.836. The summed E-state index contributed by atoms with van der Waals surface area (Å²) in [5, 5.41) is 2.50. The first-order valence-electron chi connectivity index (χ1n) is 2.94. The molecule has 1 rings (SSSR count). The van der Waals surface area contributed by atoms with Crippen LogP contribution in [0.4, 0.5) is 0 Å². The summed E-state index contributed by atoms with van der Waals surface area (Å²) in [5.74, 6) is 0.0644. The summed E-state index contributed by atoms with van der Waals surface area (Å²) in [6.07, 6.45) is 2.20. The maximum absolute atomic E-state index is 10.7. The van der Waals surface area contributed by atoms with Gasteiger partial charge in [-0.05, 0) is 19.8 Å². The van der Waals surface area contributed by atoms with Gasteiger partial charge in [-0.1, -0.05) is 0 Å².